The Bertz CT molecular complexity index is 1270. The predicted molar refractivity (Wildman–Crippen MR) is 120 cm³/mol. The van der Waals surface area contributed by atoms with E-state index >= 15 is 0 Å². The molecule has 0 aromatic heterocycles. The van der Waals surface area contributed by atoms with Crippen LogP contribution in [0.15, 0.2) is 72.3 Å². The summed E-state index contributed by atoms with van der Waals surface area (Å²) in [6.07, 6.45) is 0. The molecule has 32 heavy (non-hydrogen) atoms. The summed E-state index contributed by atoms with van der Waals surface area (Å²) in [5, 5.41) is 11.5. The average Bonchev–Trinajstić information content (AvgIpc) is 3.04. The number of carbonyl (C=O) groups is 2. The van der Waals surface area contributed by atoms with Crippen molar-refractivity contribution in [2.75, 3.05) is 12.0 Å². The lowest BCUT2D eigenvalue weighted by atomic mass is 9.93. The highest BCUT2D eigenvalue weighted by molar-refractivity contribution is 6.51. The number of halogens is 2. The third-order valence-electron chi connectivity index (χ3n) is 5.42. The molecule has 0 aliphatic carbocycles. The number of hydrogen-bond acceptors (Lipinski definition) is 4. The zero-order valence-electron chi connectivity index (χ0n) is 17.3. The maximum absolute atomic E-state index is 14.9. The minimum Gasteiger partial charge on any atom is -0.507 e. The van der Waals surface area contributed by atoms with Gasteiger partial charge in [-0.1, -0.05) is 35.9 Å². The molecule has 0 spiro atoms. The Balaban J connectivity index is 1.98. The molecule has 0 bridgehead atoms. The SMILES string of the molecule is COc1ccc(/C(O)=C2\C(=O)C(=O)N(c3cccc(Cl)c3)C2c2ccccc2F)c(C)c1. The van der Waals surface area contributed by atoms with E-state index in [0.29, 0.717) is 27.6 Å². The Morgan fingerprint density at radius 2 is 1.81 bits per heavy atom. The van der Waals surface area contributed by atoms with Gasteiger partial charge in [0, 0.05) is 21.8 Å². The molecule has 1 unspecified atom stereocenters. The van der Waals surface area contributed by atoms with Crippen molar-refractivity contribution in [3.8, 4) is 5.75 Å². The molecule has 1 amide bonds. The van der Waals surface area contributed by atoms with Gasteiger partial charge in [0.05, 0.1) is 18.7 Å². The number of ketones is 1. The summed E-state index contributed by atoms with van der Waals surface area (Å²) in [7, 11) is 1.52. The van der Waals surface area contributed by atoms with Gasteiger partial charge in [-0.25, -0.2) is 4.39 Å². The number of benzene rings is 3. The van der Waals surface area contributed by atoms with Crippen molar-refractivity contribution in [2.45, 2.75) is 13.0 Å². The minimum absolute atomic E-state index is 0.0828. The van der Waals surface area contributed by atoms with E-state index in [1.807, 2.05) is 0 Å². The first-order chi connectivity index (χ1) is 15.3. The molecule has 1 heterocycles. The maximum Gasteiger partial charge on any atom is 0.300 e. The van der Waals surface area contributed by atoms with Crippen LogP contribution in [0.4, 0.5) is 10.1 Å². The highest BCUT2D eigenvalue weighted by atomic mass is 35.5. The molecule has 0 saturated carbocycles. The van der Waals surface area contributed by atoms with Crippen LogP contribution in [0.3, 0.4) is 0 Å². The number of ether oxygens (including phenoxy) is 1. The summed E-state index contributed by atoms with van der Waals surface area (Å²) in [5.74, 6) is -2.21. The molecular weight excluding hydrogens is 433 g/mol. The van der Waals surface area contributed by atoms with E-state index in [9.17, 15) is 19.1 Å². The molecule has 3 aromatic rings. The molecular formula is C25H19ClFNO4. The third-order valence-corrected chi connectivity index (χ3v) is 5.65. The lowest BCUT2D eigenvalue weighted by Crippen LogP contribution is -2.29. The van der Waals surface area contributed by atoms with Crippen molar-refractivity contribution in [1.82, 2.24) is 0 Å². The van der Waals surface area contributed by atoms with E-state index in [-0.39, 0.29) is 16.9 Å². The number of hydrogen-bond donors (Lipinski definition) is 1. The second-order valence-corrected chi connectivity index (χ2v) is 7.79. The van der Waals surface area contributed by atoms with Crippen LogP contribution in [0, 0.1) is 12.7 Å². The maximum atomic E-state index is 14.9. The van der Waals surface area contributed by atoms with Crippen LogP contribution in [0.25, 0.3) is 5.76 Å². The van der Waals surface area contributed by atoms with Crippen molar-refractivity contribution < 1.29 is 23.8 Å². The van der Waals surface area contributed by atoms with Crippen molar-refractivity contribution in [3.05, 3.63) is 99.8 Å². The van der Waals surface area contributed by atoms with Gasteiger partial charge in [-0.2, -0.15) is 0 Å². The van der Waals surface area contributed by atoms with Gasteiger partial charge in [-0.05, 0) is 55.0 Å². The number of nitrogens with zero attached hydrogens (tertiary/aromatic N) is 1. The number of methoxy groups -OCH3 is 1. The fourth-order valence-corrected chi connectivity index (χ4v) is 4.07. The van der Waals surface area contributed by atoms with E-state index in [2.05, 4.69) is 0 Å². The summed E-state index contributed by atoms with van der Waals surface area (Å²) in [5.41, 5.74) is 1.17. The topological polar surface area (TPSA) is 66.8 Å². The van der Waals surface area contributed by atoms with Gasteiger partial charge in [0.1, 0.15) is 17.3 Å². The van der Waals surface area contributed by atoms with Crippen LogP contribution < -0.4 is 9.64 Å². The molecule has 3 aromatic carbocycles. The molecule has 1 atom stereocenters. The quantitative estimate of drug-likeness (QED) is 0.326. The van der Waals surface area contributed by atoms with Gasteiger partial charge in [-0.15, -0.1) is 0 Å². The van der Waals surface area contributed by atoms with Crippen molar-refractivity contribution >= 4 is 34.7 Å². The Hall–Kier alpha value is -3.64. The predicted octanol–water partition coefficient (Wildman–Crippen LogP) is 5.42. The first kappa shape index (κ1) is 21.6. The van der Waals surface area contributed by atoms with Crippen LogP contribution in [-0.4, -0.2) is 23.9 Å². The lowest BCUT2D eigenvalue weighted by molar-refractivity contribution is -0.132. The van der Waals surface area contributed by atoms with Crippen molar-refractivity contribution in [2.24, 2.45) is 0 Å². The number of rotatable bonds is 4. The molecule has 1 aliphatic rings. The van der Waals surface area contributed by atoms with Gasteiger partial charge >= 0.3 is 0 Å². The first-order valence-electron chi connectivity index (χ1n) is 9.79. The largest absolute Gasteiger partial charge is 0.507 e. The molecule has 4 rings (SSSR count). The van der Waals surface area contributed by atoms with Gasteiger partial charge < -0.3 is 9.84 Å². The minimum atomic E-state index is -1.17. The Kier molecular flexibility index (Phi) is 5.72. The Morgan fingerprint density at radius 3 is 2.47 bits per heavy atom. The number of amides is 1. The molecule has 162 valence electrons. The van der Waals surface area contributed by atoms with Crippen LogP contribution in [0.2, 0.25) is 5.02 Å². The van der Waals surface area contributed by atoms with Gasteiger partial charge in [0.25, 0.3) is 11.7 Å². The van der Waals surface area contributed by atoms with Crippen molar-refractivity contribution in [1.29, 1.82) is 0 Å². The number of Topliss-reactive ketones (excluding diaryl/α,β-unsaturated/α-hetero) is 1. The first-order valence-corrected chi connectivity index (χ1v) is 10.2. The van der Waals surface area contributed by atoms with E-state index in [1.54, 1.807) is 49.4 Å². The zero-order valence-corrected chi connectivity index (χ0v) is 18.1. The molecule has 1 fully saturated rings. The molecule has 1 N–H and O–H groups in total. The summed E-state index contributed by atoms with van der Waals surface area (Å²) < 4.78 is 20.1. The number of aryl methyl sites for hydroxylation is 1. The van der Waals surface area contributed by atoms with Gasteiger partial charge in [-0.3, -0.25) is 14.5 Å². The summed E-state index contributed by atoms with van der Waals surface area (Å²) in [4.78, 5) is 27.4. The van der Waals surface area contributed by atoms with Gasteiger partial charge in [0.2, 0.25) is 0 Å². The summed E-state index contributed by atoms with van der Waals surface area (Å²) >= 11 is 6.11. The standard InChI is InChI=1S/C25H19ClFNO4/c1-14-12-17(32-2)10-11-18(14)23(29)21-22(19-8-3-4-9-20(19)27)28(25(31)24(21)30)16-7-5-6-15(26)13-16/h3-13,22,29H,1-2H3/b23-21+. The number of aliphatic hydroxyl groups excluding tert-OH is 1. The molecule has 7 heteroatoms. The smallest absolute Gasteiger partial charge is 0.300 e. The van der Waals surface area contributed by atoms with Crippen LogP contribution >= 0.6 is 11.6 Å². The van der Waals surface area contributed by atoms with E-state index in [1.165, 1.54) is 31.4 Å². The fraction of sp³-hybridized carbons (Fsp3) is 0.120. The molecule has 1 aliphatic heterocycles. The summed E-state index contributed by atoms with van der Waals surface area (Å²) in [6.45, 7) is 1.74. The Morgan fingerprint density at radius 1 is 1.06 bits per heavy atom. The van der Waals surface area contributed by atoms with E-state index < -0.39 is 23.5 Å². The summed E-state index contributed by atoms with van der Waals surface area (Å²) in [6, 6.07) is 16.0. The lowest BCUT2D eigenvalue weighted by Gasteiger charge is -2.26. The average molecular weight is 452 g/mol. The van der Waals surface area contributed by atoms with E-state index in [4.69, 9.17) is 16.3 Å². The molecule has 1 saturated heterocycles. The Labute approximate surface area is 189 Å². The second kappa shape index (κ2) is 8.48. The monoisotopic (exact) mass is 451 g/mol. The molecule has 0 radical (unpaired) electrons. The number of anilines is 1. The second-order valence-electron chi connectivity index (χ2n) is 7.35. The highest BCUT2D eigenvalue weighted by Crippen LogP contribution is 2.43. The van der Waals surface area contributed by atoms with Crippen LogP contribution in [0.5, 0.6) is 5.75 Å². The highest BCUT2D eigenvalue weighted by Gasteiger charge is 2.48. The number of aliphatic hydroxyl groups is 1. The van der Waals surface area contributed by atoms with Crippen LogP contribution in [0.1, 0.15) is 22.7 Å². The fourth-order valence-electron chi connectivity index (χ4n) is 3.89. The van der Waals surface area contributed by atoms with Gasteiger partial charge in [0.15, 0.2) is 0 Å². The zero-order chi connectivity index (χ0) is 23.0. The van der Waals surface area contributed by atoms with Crippen molar-refractivity contribution in [3.63, 3.8) is 0 Å². The number of carbonyl (C=O) groups excluding carboxylic acids is 2. The normalized spacial score (nSPS) is 17.6. The van der Waals surface area contributed by atoms with E-state index in [0.717, 1.165) is 4.90 Å². The third kappa shape index (κ3) is 3.63. The van der Waals surface area contributed by atoms with Crippen LogP contribution in [-0.2, 0) is 9.59 Å². The molecule has 5 nitrogen and oxygen atoms in total.